The number of piperazine rings is 1. The van der Waals surface area contributed by atoms with Crippen molar-refractivity contribution in [1.82, 2.24) is 25.1 Å². The van der Waals surface area contributed by atoms with Gasteiger partial charge in [0, 0.05) is 36.1 Å². The molecule has 1 aromatic heterocycles. The number of imidazole rings is 1. The van der Waals surface area contributed by atoms with E-state index in [0.29, 0.717) is 16.8 Å². The third kappa shape index (κ3) is 6.39. The number of rotatable bonds is 7. The van der Waals surface area contributed by atoms with Crippen molar-refractivity contribution in [3.8, 4) is 6.07 Å². The maximum atomic E-state index is 14.3. The number of carbonyl (C=O) groups excluding carboxylic acids is 5. The number of fused-ring (bicyclic) bond motifs is 1. The Morgan fingerprint density at radius 2 is 1.78 bits per heavy atom. The quantitative estimate of drug-likeness (QED) is 0.274. The van der Waals surface area contributed by atoms with Crippen molar-refractivity contribution in [2.45, 2.75) is 49.5 Å². The number of anilines is 2. The molecule has 2 aliphatic heterocycles. The molecule has 3 aromatic rings. The van der Waals surface area contributed by atoms with E-state index < -0.39 is 59.5 Å². The highest BCUT2D eigenvalue weighted by atomic mass is 35.5. The number of nitrogens with zero attached hydrogens (tertiary/aromatic N) is 5. The summed E-state index contributed by atoms with van der Waals surface area (Å²) >= 11 is 12.5. The molecule has 2 atom stereocenters. The summed E-state index contributed by atoms with van der Waals surface area (Å²) in [6.07, 6.45) is -3.60. The molecule has 3 aliphatic rings. The van der Waals surface area contributed by atoms with E-state index in [1.807, 2.05) is 6.07 Å². The van der Waals surface area contributed by atoms with E-state index >= 15 is 0 Å². The molecular weight excluding hydrogens is 706 g/mol. The molecule has 18 heteroatoms. The summed E-state index contributed by atoms with van der Waals surface area (Å²) in [6, 6.07) is 11.8. The van der Waals surface area contributed by atoms with Crippen molar-refractivity contribution in [1.29, 1.82) is 5.26 Å². The first-order valence-electron chi connectivity index (χ1n) is 15.1. The first-order chi connectivity index (χ1) is 23.6. The number of nitrogens with one attached hydrogen (secondary N) is 2. The summed E-state index contributed by atoms with van der Waals surface area (Å²) in [5, 5.41) is 15.1. The number of benzene rings is 2. The van der Waals surface area contributed by atoms with Crippen molar-refractivity contribution >= 4 is 64.5 Å². The summed E-state index contributed by atoms with van der Waals surface area (Å²) in [6.45, 7) is 1.29. The number of nitriles is 1. The van der Waals surface area contributed by atoms with Crippen LogP contribution in [0.15, 0.2) is 48.7 Å². The van der Waals surface area contributed by atoms with Gasteiger partial charge >= 0.3 is 18.1 Å². The van der Waals surface area contributed by atoms with Gasteiger partial charge in [0.05, 0.1) is 23.5 Å². The van der Waals surface area contributed by atoms with Crippen LogP contribution >= 0.6 is 23.2 Å². The Balaban J connectivity index is 1.27. The molecule has 13 nitrogen and oxygen atoms in total. The third-order valence-electron chi connectivity index (χ3n) is 8.75. The Labute approximate surface area is 291 Å². The molecule has 1 saturated heterocycles. The molecule has 50 heavy (non-hydrogen) atoms. The van der Waals surface area contributed by atoms with Crippen LogP contribution in [0.2, 0.25) is 10.0 Å². The van der Waals surface area contributed by atoms with Gasteiger partial charge in [-0.2, -0.15) is 18.4 Å². The Bertz CT molecular complexity index is 1950. The Morgan fingerprint density at radius 3 is 2.38 bits per heavy atom. The van der Waals surface area contributed by atoms with Crippen LogP contribution in [0.25, 0.3) is 0 Å². The van der Waals surface area contributed by atoms with Crippen molar-refractivity contribution in [2.24, 2.45) is 0 Å². The second-order valence-electron chi connectivity index (χ2n) is 12.3. The number of esters is 2. The van der Waals surface area contributed by atoms with Crippen LogP contribution in [0.1, 0.15) is 41.4 Å². The van der Waals surface area contributed by atoms with Gasteiger partial charge in [-0.05, 0) is 55.7 Å². The molecule has 0 bridgehead atoms. The Hall–Kier alpha value is -4.98. The Morgan fingerprint density at radius 1 is 1.12 bits per heavy atom. The van der Waals surface area contributed by atoms with Crippen LogP contribution in [0.3, 0.4) is 0 Å². The number of alkyl halides is 3. The van der Waals surface area contributed by atoms with Gasteiger partial charge < -0.3 is 20.3 Å². The number of carbonyl (C=O) groups is 5. The van der Waals surface area contributed by atoms with E-state index in [9.17, 15) is 42.4 Å². The average Bonchev–Trinajstić information content (AvgIpc) is 3.65. The minimum atomic E-state index is -5.38. The fraction of sp³-hybridized carbons (Fsp3) is 0.344. The van der Waals surface area contributed by atoms with Crippen LogP contribution in [0, 0.1) is 11.3 Å². The lowest BCUT2D eigenvalue weighted by molar-refractivity contribution is -0.202. The zero-order valence-electron chi connectivity index (χ0n) is 26.0. The van der Waals surface area contributed by atoms with Crippen LogP contribution < -0.4 is 15.5 Å². The zero-order valence-corrected chi connectivity index (χ0v) is 27.5. The predicted molar refractivity (Wildman–Crippen MR) is 169 cm³/mol. The number of hydrogen-bond donors (Lipinski definition) is 2. The number of aromatic nitrogens is 2. The second-order valence-corrected chi connectivity index (χ2v) is 13.2. The van der Waals surface area contributed by atoms with Crippen LogP contribution in [0.5, 0.6) is 0 Å². The number of amides is 3. The van der Waals surface area contributed by atoms with Gasteiger partial charge in [0.15, 0.2) is 0 Å². The fourth-order valence-electron chi connectivity index (χ4n) is 6.14. The lowest BCUT2D eigenvalue weighted by Gasteiger charge is -2.35. The first kappa shape index (κ1) is 34.9. The highest BCUT2D eigenvalue weighted by Gasteiger charge is 2.56. The molecule has 0 spiro atoms. The molecule has 1 aliphatic carbocycles. The molecule has 1 unspecified atom stereocenters. The number of halogens is 5. The molecular formula is C32H26Cl2F3N7O6. The zero-order chi connectivity index (χ0) is 36.2. The summed E-state index contributed by atoms with van der Waals surface area (Å²) < 4.78 is 43.2. The van der Waals surface area contributed by atoms with Gasteiger partial charge in [0.1, 0.15) is 22.8 Å². The monoisotopic (exact) mass is 731 g/mol. The minimum Gasteiger partial charge on any atom is -0.385 e. The van der Waals surface area contributed by atoms with E-state index in [0.717, 1.165) is 0 Å². The van der Waals surface area contributed by atoms with E-state index in [2.05, 4.69) is 20.4 Å². The molecule has 2 aromatic carbocycles. The van der Waals surface area contributed by atoms with Gasteiger partial charge in [0.25, 0.3) is 11.8 Å². The van der Waals surface area contributed by atoms with Gasteiger partial charge in [-0.1, -0.05) is 35.3 Å². The first-order valence-corrected chi connectivity index (χ1v) is 15.9. The van der Waals surface area contributed by atoms with Gasteiger partial charge in [-0.25, -0.2) is 19.5 Å². The largest absolute Gasteiger partial charge is 0.491 e. The predicted octanol–water partition coefficient (Wildman–Crippen LogP) is 3.39. The van der Waals surface area contributed by atoms with E-state index in [1.165, 1.54) is 38.8 Å². The second kappa shape index (κ2) is 12.7. The normalized spacial score (nSPS) is 20.9. The molecule has 1 saturated carbocycles. The van der Waals surface area contributed by atoms with E-state index in [1.54, 1.807) is 31.2 Å². The molecule has 3 amide bonds. The van der Waals surface area contributed by atoms with Crippen molar-refractivity contribution < 1.29 is 41.9 Å². The van der Waals surface area contributed by atoms with Gasteiger partial charge in [-0.15, -0.1) is 0 Å². The van der Waals surface area contributed by atoms with Crippen LogP contribution in [-0.2, 0) is 35.9 Å². The maximum Gasteiger partial charge on any atom is 0.491 e. The number of hydrogen-bond acceptors (Lipinski definition) is 9. The molecule has 3 heterocycles. The molecule has 6 rings (SSSR count). The van der Waals surface area contributed by atoms with Crippen molar-refractivity contribution in [3.05, 3.63) is 75.5 Å². The highest BCUT2D eigenvalue weighted by molar-refractivity contribution is 6.35. The third-order valence-corrected chi connectivity index (χ3v) is 9.19. The van der Waals surface area contributed by atoms with Crippen molar-refractivity contribution in [2.75, 3.05) is 24.5 Å². The van der Waals surface area contributed by atoms with Crippen molar-refractivity contribution in [3.63, 3.8) is 0 Å². The number of ether oxygens (including phenoxy) is 1. The highest BCUT2D eigenvalue weighted by Crippen LogP contribution is 2.44. The lowest BCUT2D eigenvalue weighted by atomic mass is 9.91. The van der Waals surface area contributed by atoms with Crippen LogP contribution in [0.4, 0.5) is 24.8 Å². The van der Waals surface area contributed by atoms with Crippen LogP contribution in [-0.4, -0.2) is 81.5 Å². The topological polar surface area (TPSA) is 167 Å². The van der Waals surface area contributed by atoms with Gasteiger partial charge in [0.2, 0.25) is 11.9 Å². The molecule has 2 fully saturated rings. The summed E-state index contributed by atoms with van der Waals surface area (Å²) in [5.74, 6) is -5.86. The van der Waals surface area contributed by atoms with Gasteiger partial charge in [-0.3, -0.25) is 19.0 Å². The maximum absolute atomic E-state index is 14.3. The average molecular weight is 733 g/mol. The van der Waals surface area contributed by atoms with E-state index in [4.69, 9.17) is 23.2 Å². The molecule has 0 radical (unpaired) electrons. The summed E-state index contributed by atoms with van der Waals surface area (Å²) in [5.41, 5.74) is -1.50. The lowest BCUT2D eigenvalue weighted by Crippen LogP contribution is -2.60. The Kier molecular flexibility index (Phi) is 8.87. The molecule has 2 N–H and O–H groups in total. The van der Waals surface area contributed by atoms with E-state index in [-0.39, 0.29) is 54.0 Å². The fourth-order valence-corrected chi connectivity index (χ4v) is 6.65. The summed E-state index contributed by atoms with van der Waals surface area (Å²) in [4.78, 5) is 72.3. The SMILES string of the molecule is C[C@@]1(Cc2ccc(C#N)cc2)C(=O)N(c2cc(Cl)cc(Cl)c2)c2ncc(C(=O)NC3(C(=O)N4CCNC(C(=O)OC(=O)C(F)(F)F)C4)CC3)n21. The smallest absolute Gasteiger partial charge is 0.385 e. The standard InChI is InChI=1S/C32H26Cl2F3N7O6/c1-30(13-17-2-4-18(14-38)5-3-17)26(47)43(21-11-19(33)10-20(34)12-21)29-40-15-23(44(29)30)24(45)41-31(6-7-31)27(48)42-9-8-39-22(16-42)25(46)50-28(49)32(35,36)37/h2-5,10-12,15,22,39H,6-9,13,16H2,1H3,(H,41,45)/t22?,30-/m1/s1. The molecule has 260 valence electrons. The summed E-state index contributed by atoms with van der Waals surface area (Å²) in [7, 11) is 0. The minimum absolute atomic E-state index is 0.00500.